The van der Waals surface area contributed by atoms with E-state index >= 15 is 0 Å². The van der Waals surface area contributed by atoms with Crippen molar-refractivity contribution >= 4 is 22.7 Å². The minimum absolute atomic E-state index is 0.869. The lowest BCUT2D eigenvalue weighted by atomic mass is 10.1. The minimum Gasteiger partial charge on any atom is -0.293 e. The molecule has 0 unspecified atom stereocenters. The summed E-state index contributed by atoms with van der Waals surface area (Å²) in [6.07, 6.45) is 4.98. The Hall–Kier alpha value is -1.98. The zero-order chi connectivity index (χ0) is 15.6. The Morgan fingerprint density at radius 3 is 2.96 bits per heavy atom. The van der Waals surface area contributed by atoms with Crippen LogP contribution in [0.1, 0.15) is 17.0 Å². The van der Waals surface area contributed by atoms with Gasteiger partial charge in [0.2, 0.25) is 0 Å². The van der Waals surface area contributed by atoms with Gasteiger partial charge in [0.15, 0.2) is 5.16 Å². The molecular formula is C18H18N4S. The van der Waals surface area contributed by atoms with Gasteiger partial charge in [-0.25, -0.2) is 9.97 Å². The second kappa shape index (κ2) is 6.26. The summed E-state index contributed by atoms with van der Waals surface area (Å²) in [6, 6.07) is 12.5. The van der Waals surface area contributed by atoms with Crippen molar-refractivity contribution in [1.82, 2.24) is 19.9 Å². The van der Waals surface area contributed by atoms with E-state index in [9.17, 15) is 0 Å². The third kappa shape index (κ3) is 3.07. The Bertz CT molecular complexity index is 849. The van der Waals surface area contributed by atoms with Gasteiger partial charge in [-0.2, -0.15) is 0 Å². The lowest BCUT2D eigenvalue weighted by Gasteiger charge is -2.27. The van der Waals surface area contributed by atoms with Gasteiger partial charge in [-0.15, -0.1) is 0 Å². The van der Waals surface area contributed by atoms with Gasteiger partial charge < -0.3 is 0 Å². The van der Waals surface area contributed by atoms with Crippen LogP contribution in [0.3, 0.4) is 0 Å². The smallest absolute Gasteiger partial charge is 0.187 e. The van der Waals surface area contributed by atoms with Gasteiger partial charge in [-0.1, -0.05) is 36.0 Å². The van der Waals surface area contributed by atoms with Gasteiger partial charge >= 0.3 is 0 Å². The molecule has 0 fully saturated rings. The zero-order valence-corrected chi connectivity index (χ0v) is 13.9. The highest BCUT2D eigenvalue weighted by atomic mass is 32.2. The standard InChI is InChI=1S/C18H18N4S/c1-23-18-19-10-14-11-22(9-8-17(14)21-18)12-15-7-6-13-4-2-3-5-16(13)20-15/h2-7,10H,8-9,11-12H2,1H3. The zero-order valence-electron chi connectivity index (χ0n) is 13.1. The topological polar surface area (TPSA) is 41.9 Å². The number of benzene rings is 1. The first-order chi connectivity index (χ1) is 11.3. The molecule has 4 rings (SSSR count). The van der Waals surface area contributed by atoms with Gasteiger partial charge in [-0.3, -0.25) is 9.88 Å². The fraction of sp³-hybridized carbons (Fsp3) is 0.278. The van der Waals surface area contributed by atoms with Gasteiger partial charge in [0, 0.05) is 43.2 Å². The van der Waals surface area contributed by atoms with Crippen LogP contribution in [-0.2, 0) is 19.5 Å². The fourth-order valence-corrected chi connectivity index (χ4v) is 3.37. The predicted molar refractivity (Wildman–Crippen MR) is 93.4 cm³/mol. The van der Waals surface area contributed by atoms with E-state index in [1.165, 1.54) is 16.6 Å². The van der Waals surface area contributed by atoms with Crippen molar-refractivity contribution in [3.05, 3.63) is 59.5 Å². The number of rotatable bonds is 3. The normalized spacial score (nSPS) is 14.8. The van der Waals surface area contributed by atoms with Crippen molar-refractivity contribution in [2.75, 3.05) is 12.8 Å². The van der Waals surface area contributed by atoms with Crippen LogP contribution < -0.4 is 0 Å². The molecule has 0 saturated carbocycles. The monoisotopic (exact) mass is 322 g/mol. The summed E-state index contributed by atoms with van der Waals surface area (Å²) in [5, 5.41) is 2.06. The number of fused-ring (bicyclic) bond motifs is 2. The largest absolute Gasteiger partial charge is 0.293 e. The number of hydrogen-bond donors (Lipinski definition) is 0. The Balaban J connectivity index is 1.52. The summed E-state index contributed by atoms with van der Waals surface area (Å²) in [4.78, 5) is 16.2. The Morgan fingerprint density at radius 1 is 1.13 bits per heavy atom. The van der Waals surface area contributed by atoms with Crippen LogP contribution in [0.15, 0.2) is 47.8 Å². The number of para-hydroxylation sites is 1. The Labute approximate surface area is 140 Å². The lowest BCUT2D eigenvalue weighted by Crippen LogP contribution is -2.31. The maximum Gasteiger partial charge on any atom is 0.187 e. The van der Waals surface area contributed by atoms with E-state index in [-0.39, 0.29) is 0 Å². The SMILES string of the molecule is CSc1ncc2c(n1)CCN(Cc1ccc3ccccc3n1)C2. The van der Waals surface area contributed by atoms with Crippen molar-refractivity contribution < 1.29 is 0 Å². The second-order valence-electron chi connectivity index (χ2n) is 5.78. The van der Waals surface area contributed by atoms with Crippen LogP contribution in [0.2, 0.25) is 0 Å². The molecule has 0 saturated heterocycles. The first-order valence-corrected chi connectivity index (χ1v) is 9.00. The Kier molecular flexibility index (Phi) is 3.97. The van der Waals surface area contributed by atoms with E-state index in [4.69, 9.17) is 4.98 Å². The molecular weight excluding hydrogens is 304 g/mol. The second-order valence-corrected chi connectivity index (χ2v) is 6.56. The van der Waals surface area contributed by atoms with Crippen LogP contribution in [0.25, 0.3) is 10.9 Å². The molecule has 23 heavy (non-hydrogen) atoms. The van der Waals surface area contributed by atoms with E-state index in [1.807, 2.05) is 24.6 Å². The third-order valence-corrected chi connectivity index (χ3v) is 4.78. The lowest BCUT2D eigenvalue weighted by molar-refractivity contribution is 0.239. The van der Waals surface area contributed by atoms with E-state index in [0.29, 0.717) is 0 Å². The van der Waals surface area contributed by atoms with Gasteiger partial charge in [0.05, 0.1) is 16.9 Å². The highest BCUT2D eigenvalue weighted by Gasteiger charge is 2.18. The molecule has 2 aromatic heterocycles. The highest BCUT2D eigenvalue weighted by Crippen LogP contribution is 2.21. The Morgan fingerprint density at radius 2 is 2.04 bits per heavy atom. The molecule has 4 nitrogen and oxygen atoms in total. The maximum absolute atomic E-state index is 4.78. The molecule has 0 radical (unpaired) electrons. The van der Waals surface area contributed by atoms with Crippen molar-refractivity contribution in [2.45, 2.75) is 24.7 Å². The number of thioether (sulfide) groups is 1. The molecule has 1 aliphatic rings. The summed E-state index contributed by atoms with van der Waals surface area (Å²) in [6.45, 7) is 2.79. The average molecular weight is 322 g/mol. The summed E-state index contributed by atoms with van der Waals surface area (Å²) in [7, 11) is 0. The van der Waals surface area contributed by atoms with E-state index in [2.05, 4.69) is 39.1 Å². The van der Waals surface area contributed by atoms with Crippen LogP contribution in [0.4, 0.5) is 0 Å². The van der Waals surface area contributed by atoms with Gasteiger partial charge in [0.1, 0.15) is 0 Å². The fourth-order valence-electron chi connectivity index (χ4n) is 3.01. The molecule has 1 aromatic carbocycles. The average Bonchev–Trinajstić information content (AvgIpc) is 2.61. The molecule has 0 N–H and O–H groups in total. The quantitative estimate of drug-likeness (QED) is 0.547. The van der Waals surface area contributed by atoms with Crippen molar-refractivity contribution in [1.29, 1.82) is 0 Å². The van der Waals surface area contributed by atoms with E-state index in [0.717, 1.165) is 42.4 Å². The molecule has 0 amide bonds. The summed E-state index contributed by atoms with van der Waals surface area (Å²) in [5.41, 5.74) is 4.63. The molecule has 116 valence electrons. The molecule has 0 aliphatic carbocycles. The predicted octanol–water partition coefficient (Wildman–Crippen LogP) is 3.31. The first-order valence-electron chi connectivity index (χ1n) is 7.77. The summed E-state index contributed by atoms with van der Waals surface area (Å²) < 4.78 is 0. The maximum atomic E-state index is 4.78. The highest BCUT2D eigenvalue weighted by molar-refractivity contribution is 7.98. The van der Waals surface area contributed by atoms with Gasteiger partial charge in [-0.05, 0) is 18.4 Å². The van der Waals surface area contributed by atoms with Crippen molar-refractivity contribution in [3.8, 4) is 0 Å². The number of aromatic nitrogens is 3. The van der Waals surface area contributed by atoms with Crippen molar-refractivity contribution in [3.63, 3.8) is 0 Å². The van der Waals surface area contributed by atoms with Crippen LogP contribution in [0.5, 0.6) is 0 Å². The number of hydrogen-bond acceptors (Lipinski definition) is 5. The minimum atomic E-state index is 0.869. The molecule has 5 heteroatoms. The first kappa shape index (κ1) is 14.6. The van der Waals surface area contributed by atoms with Crippen LogP contribution in [0, 0.1) is 0 Å². The third-order valence-electron chi connectivity index (χ3n) is 4.22. The van der Waals surface area contributed by atoms with Crippen LogP contribution in [-0.4, -0.2) is 32.7 Å². The van der Waals surface area contributed by atoms with E-state index < -0.39 is 0 Å². The molecule has 1 aliphatic heterocycles. The molecule has 0 atom stereocenters. The van der Waals surface area contributed by atoms with Crippen molar-refractivity contribution in [2.24, 2.45) is 0 Å². The molecule has 3 heterocycles. The molecule has 0 spiro atoms. The molecule has 3 aromatic rings. The van der Waals surface area contributed by atoms with Crippen LogP contribution >= 0.6 is 11.8 Å². The number of nitrogens with zero attached hydrogens (tertiary/aromatic N) is 4. The van der Waals surface area contributed by atoms with Gasteiger partial charge in [0.25, 0.3) is 0 Å². The number of pyridine rings is 1. The summed E-state index contributed by atoms with van der Waals surface area (Å²) >= 11 is 1.60. The summed E-state index contributed by atoms with van der Waals surface area (Å²) in [5.74, 6) is 0. The molecule has 0 bridgehead atoms. The van der Waals surface area contributed by atoms with E-state index in [1.54, 1.807) is 11.8 Å².